The van der Waals surface area contributed by atoms with Gasteiger partial charge < -0.3 is 10.6 Å². The van der Waals surface area contributed by atoms with Gasteiger partial charge in [-0.25, -0.2) is 14.5 Å². The quantitative estimate of drug-likeness (QED) is 0.750. The first-order chi connectivity index (χ1) is 11.2. The molecule has 0 saturated heterocycles. The van der Waals surface area contributed by atoms with Gasteiger partial charge >= 0.3 is 6.03 Å². The van der Waals surface area contributed by atoms with Gasteiger partial charge in [0.2, 0.25) is 0 Å². The van der Waals surface area contributed by atoms with Crippen LogP contribution in [0.1, 0.15) is 6.92 Å². The smallest absolute Gasteiger partial charge is 0.319 e. The molecular formula is C15H17N7O. The Morgan fingerprint density at radius 1 is 1.26 bits per heavy atom. The van der Waals surface area contributed by atoms with E-state index in [1.54, 1.807) is 28.1 Å². The Labute approximate surface area is 133 Å². The lowest BCUT2D eigenvalue weighted by Crippen LogP contribution is -2.38. The number of hydrogen-bond acceptors (Lipinski definition) is 4. The summed E-state index contributed by atoms with van der Waals surface area (Å²) < 4.78 is 3.37. The molecule has 3 aromatic rings. The Kier molecular flexibility index (Phi) is 4.32. The van der Waals surface area contributed by atoms with Gasteiger partial charge in [-0.3, -0.25) is 4.68 Å². The summed E-state index contributed by atoms with van der Waals surface area (Å²) in [5.41, 5.74) is 1.56. The Morgan fingerprint density at radius 2 is 2.09 bits per heavy atom. The van der Waals surface area contributed by atoms with Gasteiger partial charge in [-0.05, 0) is 19.1 Å². The van der Waals surface area contributed by atoms with E-state index >= 15 is 0 Å². The standard InChI is InChI=1S/C15H17N7O/c1-12(8-21-11-16-10-18-21)19-15(23)20-13-7-17-22(9-13)14-5-3-2-4-6-14/h2-7,9-12H,8H2,1H3,(H2,19,20,23)/t12-/m0/s1. The predicted octanol–water partition coefficient (Wildman–Crippen LogP) is 1.67. The molecule has 2 aromatic heterocycles. The van der Waals surface area contributed by atoms with E-state index in [0.29, 0.717) is 12.2 Å². The maximum Gasteiger partial charge on any atom is 0.319 e. The topological polar surface area (TPSA) is 89.7 Å². The van der Waals surface area contributed by atoms with Crippen molar-refractivity contribution in [1.82, 2.24) is 29.9 Å². The van der Waals surface area contributed by atoms with E-state index in [9.17, 15) is 4.79 Å². The minimum Gasteiger partial charge on any atom is -0.334 e. The van der Waals surface area contributed by atoms with Crippen molar-refractivity contribution in [2.75, 3.05) is 5.32 Å². The number of benzene rings is 1. The fourth-order valence-corrected chi connectivity index (χ4v) is 2.15. The number of carbonyl (C=O) groups is 1. The molecule has 8 heteroatoms. The van der Waals surface area contributed by atoms with Gasteiger partial charge in [0.25, 0.3) is 0 Å². The van der Waals surface area contributed by atoms with Crippen molar-refractivity contribution in [3.05, 3.63) is 55.4 Å². The second-order valence-corrected chi connectivity index (χ2v) is 5.13. The van der Waals surface area contributed by atoms with Crippen LogP contribution in [-0.4, -0.2) is 36.6 Å². The molecule has 0 saturated carbocycles. The van der Waals surface area contributed by atoms with Crippen LogP contribution in [0.4, 0.5) is 10.5 Å². The molecule has 0 radical (unpaired) electrons. The average Bonchev–Trinajstić information content (AvgIpc) is 3.20. The second kappa shape index (κ2) is 6.73. The Morgan fingerprint density at radius 3 is 2.83 bits per heavy atom. The molecule has 0 spiro atoms. The highest BCUT2D eigenvalue weighted by Gasteiger charge is 2.09. The zero-order chi connectivity index (χ0) is 16.1. The summed E-state index contributed by atoms with van der Waals surface area (Å²) >= 11 is 0. The van der Waals surface area contributed by atoms with Gasteiger partial charge in [-0.1, -0.05) is 18.2 Å². The summed E-state index contributed by atoms with van der Waals surface area (Å²) in [6.45, 7) is 2.45. The highest BCUT2D eigenvalue weighted by Crippen LogP contribution is 2.11. The molecule has 23 heavy (non-hydrogen) atoms. The van der Waals surface area contributed by atoms with Crippen LogP contribution in [-0.2, 0) is 6.54 Å². The van der Waals surface area contributed by atoms with Crippen LogP contribution in [0.5, 0.6) is 0 Å². The third-order valence-corrected chi connectivity index (χ3v) is 3.17. The summed E-state index contributed by atoms with van der Waals surface area (Å²) in [6.07, 6.45) is 6.44. The lowest BCUT2D eigenvalue weighted by atomic mass is 10.3. The van der Waals surface area contributed by atoms with Gasteiger partial charge in [0.1, 0.15) is 12.7 Å². The van der Waals surface area contributed by atoms with Crippen molar-refractivity contribution in [2.45, 2.75) is 19.5 Å². The highest BCUT2D eigenvalue weighted by atomic mass is 16.2. The normalized spacial score (nSPS) is 11.9. The lowest BCUT2D eigenvalue weighted by molar-refractivity contribution is 0.247. The number of nitrogens with one attached hydrogen (secondary N) is 2. The second-order valence-electron chi connectivity index (χ2n) is 5.13. The first-order valence-corrected chi connectivity index (χ1v) is 7.21. The molecule has 8 nitrogen and oxygen atoms in total. The van der Waals surface area contributed by atoms with Crippen molar-refractivity contribution >= 4 is 11.7 Å². The van der Waals surface area contributed by atoms with Crippen LogP contribution in [0, 0.1) is 0 Å². The first kappa shape index (κ1) is 14.8. The van der Waals surface area contributed by atoms with Crippen molar-refractivity contribution in [3.8, 4) is 5.69 Å². The molecule has 1 atom stereocenters. The Bertz CT molecular complexity index is 751. The van der Waals surface area contributed by atoms with Gasteiger partial charge in [0.15, 0.2) is 0 Å². The molecule has 118 valence electrons. The highest BCUT2D eigenvalue weighted by molar-refractivity contribution is 5.89. The van der Waals surface area contributed by atoms with E-state index in [-0.39, 0.29) is 12.1 Å². The van der Waals surface area contributed by atoms with Crippen molar-refractivity contribution in [2.24, 2.45) is 0 Å². The monoisotopic (exact) mass is 311 g/mol. The van der Waals surface area contributed by atoms with Crippen LogP contribution in [0.2, 0.25) is 0 Å². The number of para-hydroxylation sites is 1. The van der Waals surface area contributed by atoms with Crippen LogP contribution in [0.15, 0.2) is 55.4 Å². The molecule has 1 aromatic carbocycles. The zero-order valence-corrected chi connectivity index (χ0v) is 12.6. The van der Waals surface area contributed by atoms with Gasteiger partial charge in [0.05, 0.1) is 30.3 Å². The minimum atomic E-state index is -0.287. The Hall–Kier alpha value is -3.16. The SMILES string of the molecule is C[C@@H](Cn1cncn1)NC(=O)Nc1cnn(-c2ccccc2)c1. The third-order valence-electron chi connectivity index (χ3n) is 3.17. The molecular weight excluding hydrogens is 294 g/mol. The average molecular weight is 311 g/mol. The van der Waals surface area contributed by atoms with E-state index in [2.05, 4.69) is 25.8 Å². The summed E-state index contributed by atoms with van der Waals surface area (Å²) in [6, 6.07) is 9.32. The predicted molar refractivity (Wildman–Crippen MR) is 85.2 cm³/mol. The van der Waals surface area contributed by atoms with Crippen molar-refractivity contribution < 1.29 is 4.79 Å². The van der Waals surface area contributed by atoms with Gasteiger partial charge in [0, 0.05) is 6.04 Å². The number of rotatable bonds is 5. The fraction of sp³-hybridized carbons (Fsp3) is 0.200. The zero-order valence-electron chi connectivity index (χ0n) is 12.6. The number of amides is 2. The molecule has 2 N–H and O–H groups in total. The van der Waals surface area contributed by atoms with Crippen molar-refractivity contribution in [1.29, 1.82) is 0 Å². The third kappa shape index (κ3) is 3.94. The van der Waals surface area contributed by atoms with Crippen LogP contribution in [0.25, 0.3) is 5.69 Å². The molecule has 2 amide bonds. The maximum atomic E-state index is 12.0. The number of aromatic nitrogens is 5. The summed E-state index contributed by atoms with van der Waals surface area (Å²) in [7, 11) is 0. The van der Waals surface area contributed by atoms with Crippen LogP contribution < -0.4 is 10.6 Å². The van der Waals surface area contributed by atoms with E-state index < -0.39 is 0 Å². The van der Waals surface area contributed by atoms with E-state index in [1.165, 1.54) is 6.33 Å². The van der Waals surface area contributed by atoms with E-state index in [0.717, 1.165) is 5.69 Å². The first-order valence-electron chi connectivity index (χ1n) is 7.21. The molecule has 0 aliphatic carbocycles. The molecule has 3 rings (SSSR count). The summed E-state index contributed by atoms with van der Waals surface area (Å²) in [5.74, 6) is 0. The van der Waals surface area contributed by atoms with Gasteiger partial charge in [-0.15, -0.1) is 0 Å². The number of urea groups is 1. The van der Waals surface area contributed by atoms with Crippen molar-refractivity contribution in [3.63, 3.8) is 0 Å². The number of carbonyl (C=O) groups excluding carboxylic acids is 1. The number of anilines is 1. The molecule has 2 heterocycles. The lowest BCUT2D eigenvalue weighted by Gasteiger charge is -2.13. The van der Waals surface area contributed by atoms with Gasteiger partial charge in [-0.2, -0.15) is 10.2 Å². The summed E-state index contributed by atoms with van der Waals surface area (Å²) in [5, 5.41) is 13.8. The molecule has 0 aliphatic rings. The molecule has 0 bridgehead atoms. The van der Waals surface area contributed by atoms with Crippen LogP contribution in [0.3, 0.4) is 0 Å². The number of nitrogens with zero attached hydrogens (tertiary/aromatic N) is 5. The fourth-order valence-electron chi connectivity index (χ4n) is 2.15. The summed E-state index contributed by atoms with van der Waals surface area (Å²) in [4.78, 5) is 15.9. The molecule has 0 unspecified atom stereocenters. The number of hydrogen-bond donors (Lipinski definition) is 2. The molecule has 0 aliphatic heterocycles. The maximum absolute atomic E-state index is 12.0. The minimum absolute atomic E-state index is 0.0825. The largest absolute Gasteiger partial charge is 0.334 e. The van der Waals surface area contributed by atoms with E-state index in [1.807, 2.05) is 37.3 Å². The molecule has 0 fully saturated rings. The Balaban J connectivity index is 1.55. The van der Waals surface area contributed by atoms with Crippen LogP contribution >= 0.6 is 0 Å². The van der Waals surface area contributed by atoms with E-state index in [4.69, 9.17) is 0 Å².